The van der Waals surface area contributed by atoms with E-state index in [0.29, 0.717) is 11.8 Å². The number of ketones is 1. The Morgan fingerprint density at radius 1 is 1.27 bits per heavy atom. The SMILES string of the molecule is CN1C(=O)C(C)(C(=O)CCl)Oc2cc(Oc3c(F)cc(C(F)(F)F)cc3Cl)ccc21. The van der Waals surface area contributed by atoms with Crippen molar-refractivity contribution in [1.82, 2.24) is 0 Å². The van der Waals surface area contributed by atoms with Crippen molar-refractivity contribution in [3.05, 3.63) is 46.7 Å². The minimum Gasteiger partial charge on any atom is -0.467 e. The van der Waals surface area contributed by atoms with Crippen LogP contribution in [0.5, 0.6) is 17.2 Å². The number of carbonyl (C=O) groups excluding carboxylic acids is 2. The zero-order chi connectivity index (χ0) is 22.4. The minimum absolute atomic E-state index is 0.0438. The first-order chi connectivity index (χ1) is 13.9. The summed E-state index contributed by atoms with van der Waals surface area (Å²) < 4.78 is 63.4. The molecule has 30 heavy (non-hydrogen) atoms. The van der Waals surface area contributed by atoms with Gasteiger partial charge in [0.2, 0.25) is 5.60 Å². The third-order valence-corrected chi connectivity index (χ3v) is 5.04. The number of fused-ring (bicyclic) bond motifs is 1. The summed E-state index contributed by atoms with van der Waals surface area (Å²) in [6, 6.07) is 4.80. The van der Waals surface area contributed by atoms with Crippen molar-refractivity contribution < 1.29 is 36.6 Å². The lowest BCUT2D eigenvalue weighted by Crippen LogP contribution is -2.58. The van der Waals surface area contributed by atoms with Gasteiger partial charge in [-0.1, -0.05) is 11.6 Å². The van der Waals surface area contributed by atoms with Crippen LogP contribution in [0, 0.1) is 5.82 Å². The summed E-state index contributed by atoms with van der Waals surface area (Å²) in [7, 11) is 1.43. The number of alkyl halides is 4. The van der Waals surface area contributed by atoms with E-state index in [-0.39, 0.29) is 17.6 Å². The molecule has 0 saturated heterocycles. The topological polar surface area (TPSA) is 55.8 Å². The van der Waals surface area contributed by atoms with E-state index in [4.69, 9.17) is 32.7 Å². The van der Waals surface area contributed by atoms with Crippen LogP contribution in [0.15, 0.2) is 30.3 Å². The number of anilines is 1. The molecule has 0 saturated carbocycles. The average Bonchev–Trinajstić information content (AvgIpc) is 2.67. The molecule has 11 heteroatoms. The summed E-state index contributed by atoms with van der Waals surface area (Å²) in [4.78, 5) is 25.9. The number of halogens is 6. The van der Waals surface area contributed by atoms with Crippen molar-refractivity contribution >= 4 is 40.6 Å². The zero-order valence-electron chi connectivity index (χ0n) is 15.4. The molecular weight excluding hydrogens is 453 g/mol. The Labute approximate surface area is 178 Å². The predicted octanol–water partition coefficient (Wildman–Crippen LogP) is 5.21. The molecular formula is C19H13Cl2F4NO4. The Morgan fingerprint density at radius 2 is 1.93 bits per heavy atom. The highest BCUT2D eigenvalue weighted by atomic mass is 35.5. The Bertz CT molecular complexity index is 1020. The highest BCUT2D eigenvalue weighted by molar-refractivity contribution is 6.33. The van der Waals surface area contributed by atoms with Gasteiger partial charge < -0.3 is 14.4 Å². The van der Waals surface area contributed by atoms with Gasteiger partial charge in [-0.2, -0.15) is 13.2 Å². The van der Waals surface area contributed by atoms with Crippen LogP contribution >= 0.6 is 23.2 Å². The second-order valence-electron chi connectivity index (χ2n) is 6.55. The Balaban J connectivity index is 1.98. The number of likely N-dealkylation sites (N-methyl/N-ethyl adjacent to an activating group) is 1. The van der Waals surface area contributed by atoms with E-state index in [9.17, 15) is 27.2 Å². The molecule has 5 nitrogen and oxygen atoms in total. The number of benzene rings is 2. The molecule has 3 rings (SSSR count). The predicted molar refractivity (Wildman–Crippen MR) is 101 cm³/mol. The highest BCUT2D eigenvalue weighted by Crippen LogP contribution is 2.43. The van der Waals surface area contributed by atoms with Gasteiger partial charge in [0.1, 0.15) is 11.5 Å². The number of ether oxygens (including phenoxy) is 2. The lowest BCUT2D eigenvalue weighted by Gasteiger charge is -2.37. The number of hydrogen-bond donors (Lipinski definition) is 0. The van der Waals surface area contributed by atoms with Crippen molar-refractivity contribution in [2.24, 2.45) is 0 Å². The smallest absolute Gasteiger partial charge is 0.416 e. The van der Waals surface area contributed by atoms with Crippen molar-refractivity contribution in [2.45, 2.75) is 18.7 Å². The lowest BCUT2D eigenvalue weighted by atomic mass is 9.97. The van der Waals surface area contributed by atoms with Crippen LogP contribution in [0.2, 0.25) is 5.02 Å². The molecule has 0 spiro atoms. The van der Waals surface area contributed by atoms with Gasteiger partial charge >= 0.3 is 6.18 Å². The van der Waals surface area contributed by atoms with Crippen LogP contribution in [0.25, 0.3) is 0 Å². The van der Waals surface area contributed by atoms with Gasteiger partial charge in [0.25, 0.3) is 5.91 Å². The van der Waals surface area contributed by atoms with Crippen molar-refractivity contribution in [3.63, 3.8) is 0 Å². The normalized spacial score (nSPS) is 18.7. The summed E-state index contributed by atoms with van der Waals surface area (Å²) in [6.45, 7) is 1.26. The molecule has 0 aliphatic carbocycles. The van der Waals surface area contributed by atoms with Crippen LogP contribution in [0.4, 0.5) is 23.2 Å². The molecule has 0 fully saturated rings. The molecule has 0 radical (unpaired) electrons. The summed E-state index contributed by atoms with van der Waals surface area (Å²) in [6.07, 6.45) is -4.78. The van der Waals surface area contributed by atoms with Crippen molar-refractivity contribution in [3.8, 4) is 17.2 Å². The van der Waals surface area contributed by atoms with Gasteiger partial charge in [-0.25, -0.2) is 4.39 Å². The quantitative estimate of drug-likeness (QED) is 0.353. The summed E-state index contributed by atoms with van der Waals surface area (Å²) >= 11 is 11.3. The summed E-state index contributed by atoms with van der Waals surface area (Å²) in [5, 5.41) is -0.588. The number of Topliss-reactive ketones (excluding diaryl/α,β-unsaturated/α-hetero) is 1. The number of hydrogen-bond acceptors (Lipinski definition) is 4. The monoisotopic (exact) mass is 465 g/mol. The second-order valence-corrected chi connectivity index (χ2v) is 7.23. The van der Waals surface area contributed by atoms with Gasteiger partial charge in [-0.15, -0.1) is 11.6 Å². The Kier molecular flexibility index (Phi) is 5.64. The molecule has 0 aromatic heterocycles. The van der Waals surface area contributed by atoms with Crippen LogP contribution in [0.3, 0.4) is 0 Å². The third kappa shape index (κ3) is 3.79. The number of nitrogens with zero attached hydrogens (tertiary/aromatic N) is 1. The van der Waals surface area contributed by atoms with E-state index in [0.717, 1.165) is 0 Å². The molecule has 160 valence electrons. The maximum atomic E-state index is 14.2. The van der Waals surface area contributed by atoms with E-state index in [1.54, 1.807) is 0 Å². The van der Waals surface area contributed by atoms with E-state index < -0.39 is 51.5 Å². The molecule has 1 aliphatic heterocycles. The first-order valence-electron chi connectivity index (χ1n) is 8.33. The molecule has 1 heterocycles. The molecule has 0 bridgehead atoms. The first kappa shape index (κ1) is 22.2. The molecule has 1 aliphatic rings. The molecule has 2 aromatic carbocycles. The molecule has 1 atom stereocenters. The maximum Gasteiger partial charge on any atom is 0.416 e. The van der Waals surface area contributed by atoms with Crippen molar-refractivity contribution in [2.75, 3.05) is 17.8 Å². The molecule has 0 N–H and O–H groups in total. The Hall–Kier alpha value is -2.52. The average molecular weight is 466 g/mol. The van der Waals surface area contributed by atoms with E-state index in [2.05, 4.69) is 0 Å². The molecule has 1 unspecified atom stereocenters. The van der Waals surface area contributed by atoms with Gasteiger partial charge in [0.05, 0.1) is 22.2 Å². The third-order valence-electron chi connectivity index (χ3n) is 4.52. The van der Waals surface area contributed by atoms with E-state index >= 15 is 0 Å². The fraction of sp³-hybridized carbons (Fsp3) is 0.263. The molecule has 1 amide bonds. The van der Waals surface area contributed by atoms with Gasteiger partial charge in [-0.3, -0.25) is 9.59 Å². The highest BCUT2D eigenvalue weighted by Gasteiger charge is 2.49. The number of amides is 1. The van der Waals surface area contributed by atoms with Crippen LogP contribution in [-0.4, -0.2) is 30.2 Å². The molecule has 2 aromatic rings. The van der Waals surface area contributed by atoms with Gasteiger partial charge in [0.15, 0.2) is 17.3 Å². The van der Waals surface area contributed by atoms with E-state index in [1.807, 2.05) is 0 Å². The summed E-state index contributed by atoms with van der Waals surface area (Å²) in [5.74, 6) is -3.70. The number of carbonyl (C=O) groups is 2. The van der Waals surface area contributed by atoms with Crippen LogP contribution < -0.4 is 14.4 Å². The Morgan fingerprint density at radius 3 is 2.50 bits per heavy atom. The maximum absolute atomic E-state index is 14.2. The van der Waals surface area contributed by atoms with Gasteiger partial charge in [0, 0.05) is 13.1 Å². The van der Waals surface area contributed by atoms with E-state index in [1.165, 1.54) is 37.1 Å². The standard InChI is InChI=1S/C19H13Cl2F4NO4/c1-18(15(27)8-20)17(28)26(2)13-4-3-10(7-14(13)30-18)29-16-11(21)5-9(6-12(16)22)19(23,24)25/h3-7H,8H2,1-2H3. The summed E-state index contributed by atoms with van der Waals surface area (Å²) in [5.41, 5.74) is -2.84. The number of rotatable bonds is 4. The fourth-order valence-corrected chi connectivity index (χ4v) is 3.35. The fourth-order valence-electron chi connectivity index (χ4n) is 2.85. The minimum atomic E-state index is -4.78. The lowest BCUT2D eigenvalue weighted by molar-refractivity contribution is -0.145. The second kappa shape index (κ2) is 7.63. The largest absolute Gasteiger partial charge is 0.467 e. The van der Waals surface area contributed by atoms with Gasteiger partial charge in [-0.05, 0) is 31.2 Å². The zero-order valence-corrected chi connectivity index (χ0v) is 17.0. The van der Waals surface area contributed by atoms with Crippen LogP contribution in [-0.2, 0) is 15.8 Å². The first-order valence-corrected chi connectivity index (χ1v) is 9.24. The van der Waals surface area contributed by atoms with Crippen molar-refractivity contribution in [1.29, 1.82) is 0 Å². The van der Waals surface area contributed by atoms with Crippen LogP contribution in [0.1, 0.15) is 12.5 Å².